The van der Waals surface area contributed by atoms with Gasteiger partial charge in [0.15, 0.2) is 11.6 Å². The third-order valence-corrected chi connectivity index (χ3v) is 9.49. The molecule has 12 nitrogen and oxygen atoms in total. The molecule has 6 N–H and O–H groups in total. The zero-order valence-electron chi connectivity index (χ0n) is 31.8. The third-order valence-electron chi connectivity index (χ3n) is 8.99. The summed E-state index contributed by atoms with van der Waals surface area (Å²) in [4.78, 5) is 33.8. The molecule has 0 radical (unpaired) electrons. The number of aromatic nitrogens is 4. The first kappa shape index (κ1) is 45.6. The van der Waals surface area contributed by atoms with Crippen LogP contribution < -0.4 is 21.3 Å². The Morgan fingerprint density at radius 3 is 1.52 bits per heavy atom. The van der Waals surface area contributed by atoms with Gasteiger partial charge in [0.1, 0.15) is 11.4 Å². The maximum atomic E-state index is 12.8. The number of carbonyl (C=O) groups excluding carboxylic acids is 2. The van der Waals surface area contributed by atoms with Crippen LogP contribution in [0.3, 0.4) is 0 Å². The monoisotopic (exact) mass is 856 g/mol. The van der Waals surface area contributed by atoms with Crippen molar-refractivity contribution in [3.05, 3.63) is 93.2 Å². The molecular weight excluding hydrogens is 813 g/mol. The van der Waals surface area contributed by atoms with E-state index in [1.165, 1.54) is 18.6 Å². The lowest BCUT2D eigenvalue weighted by Crippen LogP contribution is -2.38. The highest BCUT2D eigenvalue weighted by atomic mass is 35.5. The predicted octanol–water partition coefficient (Wildman–Crippen LogP) is 10.1. The first-order valence-electron chi connectivity index (χ1n) is 18.6. The van der Waals surface area contributed by atoms with E-state index >= 15 is 0 Å². The lowest BCUT2D eigenvalue weighted by molar-refractivity contribution is -0.142. The van der Waals surface area contributed by atoms with Crippen molar-refractivity contribution in [2.75, 3.05) is 10.6 Å². The molecule has 0 aliphatic heterocycles. The lowest BCUT2D eigenvalue weighted by atomic mass is 9.85. The Balaban J connectivity index is 0.000000248. The van der Waals surface area contributed by atoms with Gasteiger partial charge < -0.3 is 10.6 Å². The average molecular weight is 858 g/mol. The summed E-state index contributed by atoms with van der Waals surface area (Å²) in [6.45, 7) is 5.94. The third kappa shape index (κ3) is 14.1. The Hall–Kier alpha value is -5.10. The molecule has 2 aliphatic rings. The number of hydrogen-bond donors (Lipinski definition) is 6. The molecule has 2 heterocycles. The van der Waals surface area contributed by atoms with Crippen LogP contribution in [0.4, 0.5) is 38.0 Å². The molecule has 2 fully saturated rings. The Morgan fingerprint density at radius 2 is 1.12 bits per heavy atom. The van der Waals surface area contributed by atoms with Gasteiger partial charge in [0.05, 0.1) is 12.1 Å². The molecule has 2 amide bonds. The summed E-state index contributed by atoms with van der Waals surface area (Å²) in [6, 6.07) is 14.0. The van der Waals surface area contributed by atoms with E-state index in [1.54, 1.807) is 36.4 Å². The summed E-state index contributed by atoms with van der Waals surface area (Å²) in [7, 11) is 0. The molecule has 0 spiro atoms. The highest BCUT2D eigenvalue weighted by molar-refractivity contribution is 6.31. The number of rotatable bonds is 7. The Bertz CT molecular complexity index is 1990. The fourth-order valence-corrected chi connectivity index (χ4v) is 5.93. The van der Waals surface area contributed by atoms with Crippen LogP contribution >= 0.6 is 23.2 Å². The van der Waals surface area contributed by atoms with E-state index in [4.69, 9.17) is 23.2 Å². The molecule has 1 atom stereocenters. The molecule has 2 aromatic heterocycles. The maximum Gasteiger partial charge on any atom is 0.432 e. The number of halogens is 8. The molecule has 2 aliphatic carbocycles. The standard InChI is InChI=1S/C20H23ClF3N5O.C16H15ClF3N5O.C2H6/c1-12(13-5-3-2-4-6-13)25-19(26-17-11-16(28-29-17)20(22,23)24)27-18(30)14-7-9-15(21)10-8-14;17-10-6-4-9(5-7-10)14(26)23-15(21-11-2-1-3-11)22-13-8-12(24-25-13)16(18,19)20;1-2/h7-13H,2-6H2,1H3,(H3,25,26,27,28,29,30);4-8,11H,1-3H2,(H3,21,22,23,24,25,26);1-2H3. The van der Waals surface area contributed by atoms with Gasteiger partial charge in [-0.25, -0.2) is 9.98 Å². The molecule has 0 saturated heterocycles. The van der Waals surface area contributed by atoms with Crippen molar-refractivity contribution < 1.29 is 35.9 Å². The molecule has 4 aromatic rings. The Labute approximate surface area is 341 Å². The van der Waals surface area contributed by atoms with Crippen molar-refractivity contribution in [2.45, 2.75) is 96.6 Å². The predicted molar refractivity (Wildman–Crippen MR) is 212 cm³/mol. The van der Waals surface area contributed by atoms with Crippen LogP contribution in [0.1, 0.15) is 104 Å². The number of H-pyrrole nitrogens is 2. The molecule has 2 aromatic carbocycles. The zero-order chi connectivity index (χ0) is 42.5. The van der Waals surface area contributed by atoms with Crippen molar-refractivity contribution in [2.24, 2.45) is 15.9 Å². The minimum atomic E-state index is -4.55. The summed E-state index contributed by atoms with van der Waals surface area (Å²) < 4.78 is 76.5. The second kappa shape index (κ2) is 21.1. The van der Waals surface area contributed by atoms with E-state index in [-0.39, 0.29) is 35.6 Å². The van der Waals surface area contributed by atoms with E-state index in [2.05, 4.69) is 41.4 Å². The van der Waals surface area contributed by atoms with Crippen LogP contribution in [-0.4, -0.2) is 56.2 Å². The number of alkyl halides is 6. The summed E-state index contributed by atoms with van der Waals surface area (Å²) in [5.41, 5.74) is -1.30. The normalized spacial score (nSPS) is 15.8. The molecule has 1 unspecified atom stereocenters. The van der Waals surface area contributed by atoms with Gasteiger partial charge in [-0.1, -0.05) is 56.3 Å². The maximum absolute atomic E-state index is 12.8. The van der Waals surface area contributed by atoms with Crippen molar-refractivity contribution in [1.29, 1.82) is 0 Å². The minimum Gasteiger partial charge on any atom is -0.309 e. The number of carbonyl (C=O) groups is 2. The smallest absolute Gasteiger partial charge is 0.309 e. The molecule has 0 bridgehead atoms. The van der Waals surface area contributed by atoms with Crippen molar-refractivity contribution in [3.8, 4) is 0 Å². The number of hydrogen-bond acceptors (Lipinski definition) is 6. The van der Waals surface area contributed by atoms with Gasteiger partial charge in [-0.15, -0.1) is 0 Å². The summed E-state index contributed by atoms with van der Waals surface area (Å²) in [5.74, 6) is -0.643. The van der Waals surface area contributed by atoms with Gasteiger partial charge in [0.25, 0.3) is 11.8 Å². The minimum absolute atomic E-state index is 0.0176. The quantitative estimate of drug-likeness (QED) is 0.0615. The molecule has 314 valence electrons. The van der Waals surface area contributed by atoms with E-state index in [0.717, 1.165) is 57.1 Å². The fraction of sp³-hybridized carbons (Fsp3) is 0.421. The molecule has 6 rings (SSSR count). The van der Waals surface area contributed by atoms with Gasteiger partial charge in [-0.05, 0) is 93.5 Å². The number of nitrogens with zero attached hydrogens (tertiary/aromatic N) is 4. The first-order chi connectivity index (χ1) is 27.5. The topological polar surface area (TPSA) is 164 Å². The first-order valence-corrected chi connectivity index (χ1v) is 19.4. The van der Waals surface area contributed by atoms with Gasteiger partial charge in [0, 0.05) is 33.3 Å². The van der Waals surface area contributed by atoms with Crippen LogP contribution in [0.5, 0.6) is 0 Å². The van der Waals surface area contributed by atoms with E-state index in [9.17, 15) is 35.9 Å². The number of amides is 2. The van der Waals surface area contributed by atoms with Gasteiger partial charge >= 0.3 is 12.4 Å². The highest BCUT2D eigenvalue weighted by Crippen LogP contribution is 2.31. The number of aromatic amines is 2. The van der Waals surface area contributed by atoms with Gasteiger partial charge in [0.2, 0.25) is 11.9 Å². The van der Waals surface area contributed by atoms with Crippen molar-refractivity contribution in [1.82, 2.24) is 31.0 Å². The second-order valence-electron chi connectivity index (χ2n) is 13.2. The molecule has 20 heteroatoms. The number of anilines is 2. The van der Waals surface area contributed by atoms with E-state index < -0.39 is 35.6 Å². The molecule has 2 saturated carbocycles. The van der Waals surface area contributed by atoms with Crippen LogP contribution in [0.25, 0.3) is 0 Å². The number of nitrogens with one attached hydrogen (secondary N) is 6. The average Bonchev–Trinajstić information content (AvgIpc) is 3.86. The highest BCUT2D eigenvalue weighted by Gasteiger charge is 2.34. The largest absolute Gasteiger partial charge is 0.432 e. The summed E-state index contributed by atoms with van der Waals surface area (Å²) in [6.07, 6.45) is -0.847. The van der Waals surface area contributed by atoms with Crippen molar-refractivity contribution >= 4 is 58.6 Å². The van der Waals surface area contributed by atoms with Crippen LogP contribution in [0.15, 0.2) is 70.6 Å². The zero-order valence-corrected chi connectivity index (χ0v) is 33.3. The van der Waals surface area contributed by atoms with Crippen LogP contribution in [0, 0.1) is 5.92 Å². The van der Waals surface area contributed by atoms with Crippen LogP contribution in [0.2, 0.25) is 10.0 Å². The summed E-state index contributed by atoms with van der Waals surface area (Å²) >= 11 is 11.6. The number of benzene rings is 2. The number of guanidine groups is 2. The van der Waals surface area contributed by atoms with E-state index in [0.29, 0.717) is 27.1 Å². The second-order valence-corrected chi connectivity index (χ2v) is 14.1. The van der Waals surface area contributed by atoms with Gasteiger partial charge in [-0.2, -0.15) is 36.5 Å². The van der Waals surface area contributed by atoms with Gasteiger partial charge in [-0.3, -0.25) is 30.4 Å². The lowest BCUT2D eigenvalue weighted by Gasteiger charge is -2.25. The Morgan fingerprint density at radius 1 is 0.690 bits per heavy atom. The fourth-order valence-electron chi connectivity index (χ4n) is 5.68. The SMILES string of the molecule is CC.CC(N=C(NC(=O)c1ccc(Cl)cc1)Nc1cc(C(F)(F)F)[nH]n1)C1CCCCC1.O=C(NC(=NC1CCC1)Nc1cc(C(F)(F)F)[nH]n1)c1ccc(Cl)cc1. The summed E-state index contributed by atoms with van der Waals surface area (Å²) in [5, 5.41) is 22.5. The Kier molecular flexibility index (Phi) is 16.6. The number of aliphatic imine (C=N–C) groups is 2. The van der Waals surface area contributed by atoms with Crippen molar-refractivity contribution in [3.63, 3.8) is 0 Å². The molecule has 58 heavy (non-hydrogen) atoms. The molecular formula is C38H44Cl2F6N10O2. The van der Waals surface area contributed by atoms with Crippen LogP contribution in [-0.2, 0) is 12.4 Å². The van der Waals surface area contributed by atoms with E-state index in [1.807, 2.05) is 31.0 Å².